The average Bonchev–Trinajstić information content (AvgIpc) is 3.29. The molecular weight excluding hydrogens is 416 g/mol. The molecule has 0 aliphatic carbocycles. The Morgan fingerprint density at radius 3 is 2.58 bits per heavy atom. The molecule has 3 aromatic rings. The first-order chi connectivity index (χ1) is 15.9. The zero-order valence-corrected chi connectivity index (χ0v) is 19.6. The molecule has 1 saturated heterocycles. The molecule has 1 aliphatic heterocycles. The monoisotopic (exact) mass is 448 g/mol. The number of furan rings is 1. The Hall–Kier alpha value is -3.35. The quantitative estimate of drug-likeness (QED) is 0.549. The van der Waals surface area contributed by atoms with Crippen LogP contribution in [0.4, 0.5) is 11.5 Å². The lowest BCUT2D eigenvalue weighted by atomic mass is 9.92. The third-order valence-corrected chi connectivity index (χ3v) is 6.10. The van der Waals surface area contributed by atoms with Crippen LogP contribution in [0.25, 0.3) is 10.9 Å². The maximum Gasteiger partial charge on any atom is 0.224 e. The summed E-state index contributed by atoms with van der Waals surface area (Å²) in [6.07, 6.45) is 3.06. The minimum atomic E-state index is -0.193. The van der Waals surface area contributed by atoms with Crippen molar-refractivity contribution in [1.82, 2.24) is 10.3 Å². The molecular formula is C26H32N4O3. The van der Waals surface area contributed by atoms with Gasteiger partial charge in [0, 0.05) is 37.0 Å². The van der Waals surface area contributed by atoms with E-state index in [-0.39, 0.29) is 24.7 Å². The second-order valence-electron chi connectivity index (χ2n) is 9.28. The predicted molar refractivity (Wildman–Crippen MR) is 130 cm³/mol. The van der Waals surface area contributed by atoms with E-state index in [0.717, 1.165) is 35.4 Å². The Morgan fingerprint density at radius 1 is 1.09 bits per heavy atom. The minimum Gasteiger partial charge on any atom is -0.467 e. The lowest BCUT2D eigenvalue weighted by Gasteiger charge is -2.36. The Morgan fingerprint density at radius 2 is 1.85 bits per heavy atom. The maximum atomic E-state index is 12.4. The molecule has 4 rings (SSSR count). The number of carbonyl (C=O) groups is 2. The van der Waals surface area contributed by atoms with Gasteiger partial charge in [-0.2, -0.15) is 0 Å². The fourth-order valence-corrected chi connectivity index (χ4v) is 4.60. The van der Waals surface area contributed by atoms with E-state index in [9.17, 15) is 9.59 Å². The van der Waals surface area contributed by atoms with Crippen molar-refractivity contribution in [1.29, 1.82) is 0 Å². The lowest BCUT2D eigenvalue weighted by molar-refractivity contribution is -0.124. The molecule has 0 radical (unpaired) electrons. The van der Waals surface area contributed by atoms with Gasteiger partial charge >= 0.3 is 0 Å². The van der Waals surface area contributed by atoms with Gasteiger partial charge in [-0.15, -0.1) is 0 Å². The zero-order chi connectivity index (χ0) is 23.4. The van der Waals surface area contributed by atoms with Crippen molar-refractivity contribution < 1.29 is 14.0 Å². The van der Waals surface area contributed by atoms with E-state index in [1.54, 1.807) is 18.4 Å². The van der Waals surface area contributed by atoms with Gasteiger partial charge in [-0.05, 0) is 67.1 Å². The standard InChI is InChI=1S/C26H32N4O3/c1-17-11-18(2)16-30(15-17)24-12-19(3)22-13-20(6-7-23(22)29-24)28-26(32)9-8-25(31)27-14-21-5-4-10-33-21/h4-7,10,12-13,17-18H,8-9,11,14-16H2,1-3H3,(H,27,31)(H,28,32). The van der Waals surface area contributed by atoms with Gasteiger partial charge in [-0.3, -0.25) is 9.59 Å². The minimum absolute atomic E-state index is 0.115. The number of hydrogen-bond acceptors (Lipinski definition) is 5. The van der Waals surface area contributed by atoms with Gasteiger partial charge < -0.3 is 20.0 Å². The van der Waals surface area contributed by atoms with Gasteiger partial charge in [-0.25, -0.2) is 4.98 Å². The Bertz CT molecular complexity index is 1120. The second-order valence-corrected chi connectivity index (χ2v) is 9.28. The molecule has 3 heterocycles. The third kappa shape index (κ3) is 5.92. The molecule has 2 atom stereocenters. The van der Waals surface area contributed by atoms with Crippen LogP contribution in [0.15, 0.2) is 47.1 Å². The van der Waals surface area contributed by atoms with Crippen molar-refractivity contribution in [3.8, 4) is 0 Å². The number of nitrogens with zero attached hydrogens (tertiary/aromatic N) is 2. The number of anilines is 2. The molecule has 2 unspecified atom stereocenters. The van der Waals surface area contributed by atoms with Gasteiger partial charge in [0.05, 0.1) is 18.3 Å². The van der Waals surface area contributed by atoms with Crippen LogP contribution in [0.1, 0.15) is 44.4 Å². The van der Waals surface area contributed by atoms with E-state index in [0.29, 0.717) is 29.8 Å². The van der Waals surface area contributed by atoms with E-state index in [2.05, 4.69) is 42.4 Å². The van der Waals surface area contributed by atoms with Crippen LogP contribution in [-0.4, -0.2) is 29.9 Å². The van der Waals surface area contributed by atoms with Crippen molar-refractivity contribution in [2.75, 3.05) is 23.3 Å². The number of amides is 2. The molecule has 2 aromatic heterocycles. The molecule has 7 heteroatoms. The van der Waals surface area contributed by atoms with E-state index >= 15 is 0 Å². The van der Waals surface area contributed by atoms with Crippen LogP contribution < -0.4 is 15.5 Å². The highest BCUT2D eigenvalue weighted by Gasteiger charge is 2.23. The van der Waals surface area contributed by atoms with Gasteiger partial charge in [-0.1, -0.05) is 13.8 Å². The highest BCUT2D eigenvalue weighted by Crippen LogP contribution is 2.29. The summed E-state index contributed by atoms with van der Waals surface area (Å²) in [5.74, 6) is 2.65. The summed E-state index contributed by atoms with van der Waals surface area (Å²) in [7, 11) is 0. The van der Waals surface area contributed by atoms with Gasteiger partial charge in [0.2, 0.25) is 11.8 Å². The largest absolute Gasteiger partial charge is 0.467 e. The molecule has 2 N–H and O–H groups in total. The molecule has 174 valence electrons. The number of piperidine rings is 1. The van der Waals surface area contributed by atoms with Crippen LogP contribution >= 0.6 is 0 Å². The van der Waals surface area contributed by atoms with Crippen LogP contribution in [0.3, 0.4) is 0 Å². The van der Waals surface area contributed by atoms with Crippen molar-refractivity contribution >= 4 is 34.2 Å². The van der Waals surface area contributed by atoms with Gasteiger partial charge in [0.25, 0.3) is 0 Å². The number of fused-ring (bicyclic) bond motifs is 1. The molecule has 0 saturated carbocycles. The first-order valence-electron chi connectivity index (χ1n) is 11.6. The molecule has 0 bridgehead atoms. The van der Waals surface area contributed by atoms with Crippen molar-refractivity contribution in [2.24, 2.45) is 11.8 Å². The molecule has 7 nitrogen and oxygen atoms in total. The summed E-state index contributed by atoms with van der Waals surface area (Å²) in [6, 6.07) is 11.5. The summed E-state index contributed by atoms with van der Waals surface area (Å²) in [5.41, 5.74) is 2.77. The number of aromatic nitrogens is 1. The summed E-state index contributed by atoms with van der Waals surface area (Å²) < 4.78 is 5.18. The number of benzene rings is 1. The SMILES string of the molecule is Cc1cc(N2CC(C)CC(C)C2)nc2ccc(NC(=O)CCC(=O)NCc3ccco3)cc12. The fraction of sp³-hybridized carbons (Fsp3) is 0.423. The topological polar surface area (TPSA) is 87.5 Å². The number of hydrogen-bond donors (Lipinski definition) is 2. The smallest absolute Gasteiger partial charge is 0.224 e. The molecule has 1 fully saturated rings. The Kier molecular flexibility index (Phi) is 6.96. The second kappa shape index (κ2) is 10.1. The Balaban J connectivity index is 1.36. The summed E-state index contributed by atoms with van der Waals surface area (Å²) in [5, 5.41) is 6.67. The number of pyridine rings is 1. The Labute approximate surface area is 194 Å². The van der Waals surface area contributed by atoms with Crippen molar-refractivity contribution in [3.05, 3.63) is 54.0 Å². The number of nitrogens with one attached hydrogen (secondary N) is 2. The summed E-state index contributed by atoms with van der Waals surface area (Å²) in [4.78, 5) is 31.6. The molecule has 33 heavy (non-hydrogen) atoms. The van der Waals surface area contributed by atoms with Crippen molar-refractivity contribution in [3.63, 3.8) is 0 Å². The predicted octanol–water partition coefficient (Wildman–Crippen LogP) is 4.65. The van der Waals surface area contributed by atoms with E-state index in [4.69, 9.17) is 9.40 Å². The molecule has 0 spiro atoms. The lowest BCUT2D eigenvalue weighted by Crippen LogP contribution is -2.39. The molecule has 1 aliphatic rings. The number of carbonyl (C=O) groups excluding carboxylic acids is 2. The fourth-order valence-electron chi connectivity index (χ4n) is 4.60. The van der Waals surface area contributed by atoms with Crippen LogP contribution in [0.2, 0.25) is 0 Å². The van der Waals surface area contributed by atoms with Crippen LogP contribution in [-0.2, 0) is 16.1 Å². The summed E-state index contributed by atoms with van der Waals surface area (Å²) in [6.45, 7) is 9.07. The first kappa shape index (κ1) is 22.8. The first-order valence-corrected chi connectivity index (χ1v) is 11.6. The number of aryl methyl sites for hydroxylation is 1. The highest BCUT2D eigenvalue weighted by atomic mass is 16.3. The molecule has 2 amide bonds. The highest BCUT2D eigenvalue weighted by molar-refractivity contribution is 5.96. The van der Waals surface area contributed by atoms with Gasteiger partial charge in [0.1, 0.15) is 11.6 Å². The number of rotatable bonds is 7. The third-order valence-electron chi connectivity index (χ3n) is 6.10. The van der Waals surface area contributed by atoms with Crippen LogP contribution in [0, 0.1) is 18.8 Å². The maximum absolute atomic E-state index is 12.4. The average molecular weight is 449 g/mol. The van der Waals surface area contributed by atoms with E-state index < -0.39 is 0 Å². The van der Waals surface area contributed by atoms with Crippen LogP contribution in [0.5, 0.6) is 0 Å². The van der Waals surface area contributed by atoms with E-state index in [1.807, 2.05) is 18.2 Å². The van der Waals surface area contributed by atoms with Gasteiger partial charge in [0.15, 0.2) is 0 Å². The summed E-state index contributed by atoms with van der Waals surface area (Å²) >= 11 is 0. The zero-order valence-electron chi connectivity index (χ0n) is 19.6. The molecule has 1 aromatic carbocycles. The van der Waals surface area contributed by atoms with Crippen molar-refractivity contribution in [2.45, 2.75) is 46.6 Å². The van der Waals surface area contributed by atoms with E-state index in [1.165, 1.54) is 6.42 Å². The normalized spacial score (nSPS) is 18.3.